The molecule has 0 saturated carbocycles. The number of hydrogen-bond donors (Lipinski definition) is 2. The van der Waals surface area contributed by atoms with E-state index in [1.165, 1.54) is 25.1 Å². The van der Waals surface area contributed by atoms with Crippen LogP contribution in [0.2, 0.25) is 0 Å². The highest BCUT2D eigenvalue weighted by atomic mass is 32.2. The van der Waals surface area contributed by atoms with Crippen molar-refractivity contribution in [3.05, 3.63) is 65.1 Å². The molecule has 2 aromatic rings. The maximum Gasteiger partial charge on any atom is 0.433 e. The van der Waals surface area contributed by atoms with Crippen LogP contribution in [-0.4, -0.2) is 38.7 Å². The van der Waals surface area contributed by atoms with Gasteiger partial charge in [0.25, 0.3) is 0 Å². The van der Waals surface area contributed by atoms with E-state index in [1.807, 2.05) is 16.9 Å². The molecule has 1 amide bonds. The second-order valence-corrected chi connectivity index (χ2v) is 9.68. The van der Waals surface area contributed by atoms with Gasteiger partial charge in [0.1, 0.15) is 17.3 Å². The highest BCUT2D eigenvalue weighted by molar-refractivity contribution is 7.92. The van der Waals surface area contributed by atoms with Crippen LogP contribution in [0, 0.1) is 5.82 Å². The average Bonchev–Trinajstić information content (AvgIpc) is 2.77. The Morgan fingerprint density at radius 1 is 1.21 bits per heavy atom. The van der Waals surface area contributed by atoms with Gasteiger partial charge in [-0.25, -0.2) is 17.8 Å². The van der Waals surface area contributed by atoms with Gasteiger partial charge in [0.15, 0.2) is 0 Å². The molecule has 184 valence electrons. The molecule has 0 fully saturated rings. The summed E-state index contributed by atoms with van der Waals surface area (Å²) in [7, 11) is -3.67. The molecule has 7 nitrogen and oxygen atoms in total. The van der Waals surface area contributed by atoms with E-state index in [9.17, 15) is 30.8 Å². The molecular formula is C22H24F4N4O3S. The fraction of sp³-hybridized carbons (Fsp3) is 0.364. The fourth-order valence-electron chi connectivity index (χ4n) is 3.45. The van der Waals surface area contributed by atoms with Crippen molar-refractivity contribution in [2.24, 2.45) is 0 Å². The van der Waals surface area contributed by atoms with Crippen LogP contribution in [0.1, 0.15) is 36.1 Å². The number of pyridine rings is 1. The Balaban J connectivity index is 1.76. The molecule has 0 aliphatic carbocycles. The maximum absolute atomic E-state index is 14.3. The summed E-state index contributed by atoms with van der Waals surface area (Å²) in [5, 5.41) is 2.67. The van der Waals surface area contributed by atoms with Crippen LogP contribution >= 0.6 is 0 Å². The van der Waals surface area contributed by atoms with E-state index in [0.29, 0.717) is 30.6 Å². The first-order chi connectivity index (χ1) is 15.8. The molecular weight excluding hydrogens is 476 g/mol. The highest BCUT2D eigenvalue weighted by Gasteiger charge is 2.33. The molecule has 0 bridgehead atoms. The van der Waals surface area contributed by atoms with Gasteiger partial charge >= 0.3 is 6.18 Å². The topological polar surface area (TPSA) is 91.4 Å². The number of alkyl halides is 3. The summed E-state index contributed by atoms with van der Waals surface area (Å²) in [5.41, 5.74) is -0.530. The average molecular weight is 501 g/mol. The van der Waals surface area contributed by atoms with Gasteiger partial charge in [-0.3, -0.25) is 9.52 Å². The molecule has 1 atom stereocenters. The number of nitrogens with one attached hydrogen (secondary N) is 2. The van der Waals surface area contributed by atoms with Gasteiger partial charge in [0.2, 0.25) is 15.9 Å². The first kappa shape index (κ1) is 25.5. The molecule has 12 heteroatoms. The summed E-state index contributed by atoms with van der Waals surface area (Å²) in [6.07, 6.45) is 0.728. The SMILES string of the molecule is CC(C(=O)NCc1ccc(C(F)(F)F)nc1N1CC=CCC1)c1ccc(NS(C)(=O)=O)c(F)c1. The largest absolute Gasteiger partial charge is 0.433 e. The third-order valence-corrected chi connectivity index (χ3v) is 5.83. The third-order valence-electron chi connectivity index (χ3n) is 5.24. The quantitative estimate of drug-likeness (QED) is 0.446. The second kappa shape index (κ2) is 10.00. The second-order valence-electron chi connectivity index (χ2n) is 7.94. The van der Waals surface area contributed by atoms with Gasteiger partial charge in [-0.05, 0) is 37.1 Å². The van der Waals surface area contributed by atoms with Crippen molar-refractivity contribution in [1.29, 1.82) is 0 Å². The summed E-state index contributed by atoms with van der Waals surface area (Å²) in [6, 6.07) is 5.86. The normalized spacial score (nSPS) is 15.2. The van der Waals surface area contributed by atoms with Gasteiger partial charge in [0.05, 0.1) is 17.9 Å². The van der Waals surface area contributed by atoms with E-state index in [0.717, 1.165) is 18.4 Å². The Bertz CT molecular complexity index is 1200. The lowest BCUT2D eigenvalue weighted by Crippen LogP contribution is -2.32. The van der Waals surface area contributed by atoms with Crippen LogP contribution in [0.4, 0.5) is 29.1 Å². The molecule has 1 aromatic heterocycles. The Hall–Kier alpha value is -3.15. The van der Waals surface area contributed by atoms with Gasteiger partial charge in [-0.1, -0.05) is 24.3 Å². The van der Waals surface area contributed by atoms with Gasteiger partial charge in [0, 0.05) is 25.2 Å². The Morgan fingerprint density at radius 3 is 2.53 bits per heavy atom. The van der Waals surface area contributed by atoms with E-state index in [4.69, 9.17) is 0 Å². The number of benzene rings is 1. The minimum absolute atomic E-state index is 0.0694. The zero-order valence-electron chi connectivity index (χ0n) is 18.5. The maximum atomic E-state index is 14.3. The van der Waals surface area contributed by atoms with Crippen molar-refractivity contribution in [3.8, 4) is 0 Å². The molecule has 34 heavy (non-hydrogen) atoms. The number of hydrogen-bond acceptors (Lipinski definition) is 5. The number of anilines is 2. The van der Waals surface area contributed by atoms with Crippen molar-refractivity contribution >= 4 is 27.4 Å². The monoisotopic (exact) mass is 500 g/mol. The first-order valence-corrected chi connectivity index (χ1v) is 12.3. The van der Waals surface area contributed by atoms with E-state index in [1.54, 1.807) is 4.90 Å². The molecule has 2 heterocycles. The fourth-order valence-corrected chi connectivity index (χ4v) is 4.02. The van der Waals surface area contributed by atoms with Crippen molar-refractivity contribution in [1.82, 2.24) is 10.3 Å². The van der Waals surface area contributed by atoms with E-state index in [-0.39, 0.29) is 18.1 Å². The van der Waals surface area contributed by atoms with E-state index < -0.39 is 39.5 Å². The molecule has 0 radical (unpaired) electrons. The lowest BCUT2D eigenvalue weighted by molar-refractivity contribution is -0.141. The Labute approximate surface area is 194 Å². The minimum atomic E-state index is -4.60. The number of carbonyl (C=O) groups is 1. The molecule has 2 N–H and O–H groups in total. The lowest BCUT2D eigenvalue weighted by Gasteiger charge is -2.27. The molecule has 0 spiro atoms. The zero-order chi connectivity index (χ0) is 25.1. The molecule has 1 aromatic carbocycles. The number of carbonyl (C=O) groups excluding carboxylic acids is 1. The molecule has 1 unspecified atom stereocenters. The summed E-state index contributed by atoms with van der Waals surface area (Å²) in [4.78, 5) is 18.2. The van der Waals surface area contributed by atoms with Crippen molar-refractivity contribution < 1.29 is 30.8 Å². The summed E-state index contributed by atoms with van der Waals surface area (Å²) in [6.45, 7) is 2.36. The summed E-state index contributed by atoms with van der Waals surface area (Å²) in [5.74, 6) is -1.97. The lowest BCUT2D eigenvalue weighted by atomic mass is 9.99. The minimum Gasteiger partial charge on any atom is -0.352 e. The number of sulfonamides is 1. The van der Waals surface area contributed by atoms with Crippen LogP contribution in [0.5, 0.6) is 0 Å². The van der Waals surface area contributed by atoms with Gasteiger partial charge in [-0.2, -0.15) is 13.2 Å². The van der Waals surface area contributed by atoms with E-state index >= 15 is 0 Å². The number of nitrogens with zero attached hydrogens (tertiary/aromatic N) is 2. The van der Waals surface area contributed by atoms with Crippen LogP contribution in [0.15, 0.2) is 42.5 Å². The summed E-state index contributed by atoms with van der Waals surface area (Å²) >= 11 is 0. The number of halogens is 4. The Morgan fingerprint density at radius 2 is 1.94 bits per heavy atom. The predicted molar refractivity (Wildman–Crippen MR) is 120 cm³/mol. The smallest absolute Gasteiger partial charge is 0.352 e. The van der Waals surface area contributed by atoms with Gasteiger partial charge < -0.3 is 10.2 Å². The molecule has 1 aliphatic rings. The summed E-state index contributed by atoms with van der Waals surface area (Å²) < 4.78 is 78.5. The van der Waals surface area contributed by atoms with Crippen LogP contribution in [0.25, 0.3) is 0 Å². The predicted octanol–water partition coefficient (Wildman–Crippen LogP) is 3.80. The molecule has 0 saturated heterocycles. The van der Waals surface area contributed by atoms with Gasteiger partial charge in [-0.15, -0.1) is 0 Å². The highest BCUT2D eigenvalue weighted by Crippen LogP contribution is 2.31. The van der Waals surface area contributed by atoms with E-state index in [2.05, 4.69) is 10.3 Å². The van der Waals surface area contributed by atoms with Crippen LogP contribution < -0.4 is 14.9 Å². The number of amides is 1. The van der Waals surface area contributed by atoms with Crippen LogP contribution in [0.3, 0.4) is 0 Å². The number of aromatic nitrogens is 1. The first-order valence-electron chi connectivity index (χ1n) is 10.4. The Kier molecular flexibility index (Phi) is 7.49. The molecule has 3 rings (SSSR count). The van der Waals surface area contributed by atoms with Crippen LogP contribution in [-0.2, 0) is 27.5 Å². The van der Waals surface area contributed by atoms with Crippen molar-refractivity contribution in [2.75, 3.05) is 29.0 Å². The third kappa shape index (κ3) is 6.46. The standard InChI is InChI=1S/C22H24F4N4O3S/c1-14(15-6-8-18(17(23)12-15)29-34(2,32)33)21(31)27-13-16-7-9-19(22(24,25)26)28-20(16)30-10-4-3-5-11-30/h3-4,6-9,12,14,29H,5,10-11,13H2,1-2H3,(H,27,31). The van der Waals surface area contributed by atoms with Crippen molar-refractivity contribution in [3.63, 3.8) is 0 Å². The zero-order valence-corrected chi connectivity index (χ0v) is 19.3. The number of rotatable bonds is 7. The van der Waals surface area contributed by atoms with Crippen molar-refractivity contribution in [2.45, 2.75) is 32.0 Å². The molecule has 1 aliphatic heterocycles.